The van der Waals surface area contributed by atoms with E-state index in [2.05, 4.69) is 0 Å². The molecule has 1 aromatic carbocycles. The van der Waals surface area contributed by atoms with E-state index in [0.717, 1.165) is 19.4 Å². The van der Waals surface area contributed by atoms with Gasteiger partial charge in [0.05, 0.1) is 18.3 Å². The maximum Gasteiger partial charge on any atom is 0.257 e. The maximum absolute atomic E-state index is 12.7. The summed E-state index contributed by atoms with van der Waals surface area (Å²) in [6.45, 7) is 4.99. The van der Waals surface area contributed by atoms with Gasteiger partial charge in [-0.3, -0.25) is 4.79 Å². The van der Waals surface area contributed by atoms with Crippen LogP contribution in [0.3, 0.4) is 0 Å². The number of amides is 1. The molecule has 110 valence electrons. The molecule has 1 aliphatic heterocycles. The first-order chi connectivity index (χ1) is 9.63. The summed E-state index contributed by atoms with van der Waals surface area (Å²) < 4.78 is 5.54. The van der Waals surface area contributed by atoms with Crippen molar-refractivity contribution in [3.8, 4) is 5.75 Å². The van der Waals surface area contributed by atoms with E-state index >= 15 is 0 Å². The normalized spacial score (nSPS) is 19.9. The Labute approximate surface area is 120 Å². The number of nitrogens with zero attached hydrogens (tertiary/aromatic N) is 1. The SMILES string of the molecule is CCOc1ccccc1C(=O)N1CCCC1CC(C)O. The number of aliphatic hydroxyl groups excluding tert-OH is 1. The molecule has 1 aromatic rings. The van der Waals surface area contributed by atoms with Crippen LogP contribution in [-0.2, 0) is 0 Å². The third kappa shape index (κ3) is 3.31. The first kappa shape index (κ1) is 14.9. The standard InChI is InChI=1S/C16H23NO3/c1-3-20-15-9-5-4-8-14(15)16(19)17-10-6-7-13(17)11-12(2)18/h4-5,8-9,12-13,18H,3,6-7,10-11H2,1-2H3. The van der Waals surface area contributed by atoms with Gasteiger partial charge in [-0.15, -0.1) is 0 Å². The molecular formula is C16H23NO3. The van der Waals surface area contributed by atoms with Crippen LogP contribution in [0, 0.1) is 0 Å². The lowest BCUT2D eigenvalue weighted by atomic mass is 10.1. The number of hydrogen-bond donors (Lipinski definition) is 1. The zero-order chi connectivity index (χ0) is 14.5. The number of likely N-dealkylation sites (tertiary alicyclic amines) is 1. The Hall–Kier alpha value is -1.55. The van der Waals surface area contributed by atoms with Crippen molar-refractivity contribution >= 4 is 5.91 Å². The van der Waals surface area contributed by atoms with E-state index in [1.165, 1.54) is 0 Å². The van der Waals surface area contributed by atoms with Crippen LogP contribution < -0.4 is 4.74 Å². The van der Waals surface area contributed by atoms with Gasteiger partial charge in [0, 0.05) is 12.6 Å². The molecule has 20 heavy (non-hydrogen) atoms. The predicted molar refractivity (Wildman–Crippen MR) is 78.0 cm³/mol. The minimum atomic E-state index is -0.379. The van der Waals surface area contributed by atoms with Crippen LogP contribution in [0.4, 0.5) is 0 Å². The molecule has 1 N–H and O–H groups in total. The monoisotopic (exact) mass is 277 g/mol. The second-order valence-corrected chi connectivity index (χ2v) is 5.31. The molecule has 2 atom stereocenters. The van der Waals surface area contributed by atoms with Crippen molar-refractivity contribution in [3.63, 3.8) is 0 Å². The van der Waals surface area contributed by atoms with Crippen LogP contribution in [0.5, 0.6) is 5.75 Å². The van der Waals surface area contributed by atoms with E-state index in [-0.39, 0.29) is 18.1 Å². The van der Waals surface area contributed by atoms with Crippen molar-refractivity contribution in [2.24, 2.45) is 0 Å². The first-order valence-corrected chi connectivity index (χ1v) is 7.34. The molecule has 0 aromatic heterocycles. The average molecular weight is 277 g/mol. The number of aliphatic hydroxyl groups is 1. The molecular weight excluding hydrogens is 254 g/mol. The van der Waals surface area contributed by atoms with Crippen LogP contribution in [-0.4, -0.2) is 41.2 Å². The van der Waals surface area contributed by atoms with Gasteiger partial charge in [-0.2, -0.15) is 0 Å². The van der Waals surface area contributed by atoms with Gasteiger partial charge in [0.2, 0.25) is 0 Å². The topological polar surface area (TPSA) is 49.8 Å². The summed E-state index contributed by atoms with van der Waals surface area (Å²) >= 11 is 0. The summed E-state index contributed by atoms with van der Waals surface area (Å²) in [6, 6.07) is 7.51. The number of ether oxygens (including phenoxy) is 1. The molecule has 4 heteroatoms. The number of rotatable bonds is 5. The van der Waals surface area contributed by atoms with E-state index in [4.69, 9.17) is 4.74 Å². The van der Waals surface area contributed by atoms with Crippen molar-refractivity contribution in [1.29, 1.82) is 0 Å². The number of carbonyl (C=O) groups excluding carboxylic acids is 1. The summed E-state index contributed by atoms with van der Waals surface area (Å²) in [5.74, 6) is 0.653. The fourth-order valence-corrected chi connectivity index (χ4v) is 2.82. The highest BCUT2D eigenvalue weighted by Crippen LogP contribution is 2.27. The van der Waals surface area contributed by atoms with E-state index in [0.29, 0.717) is 24.3 Å². The van der Waals surface area contributed by atoms with Gasteiger partial charge in [-0.25, -0.2) is 0 Å². The number of hydrogen-bond acceptors (Lipinski definition) is 3. The van der Waals surface area contributed by atoms with Crippen molar-refractivity contribution in [2.45, 2.75) is 45.3 Å². The first-order valence-electron chi connectivity index (χ1n) is 7.34. The summed E-state index contributed by atoms with van der Waals surface area (Å²) in [7, 11) is 0. The minimum Gasteiger partial charge on any atom is -0.493 e. The smallest absolute Gasteiger partial charge is 0.257 e. The van der Waals surface area contributed by atoms with Crippen molar-refractivity contribution in [1.82, 2.24) is 4.90 Å². The summed E-state index contributed by atoms with van der Waals surface area (Å²) in [5.41, 5.74) is 0.617. The van der Waals surface area contributed by atoms with Crippen molar-refractivity contribution in [3.05, 3.63) is 29.8 Å². The largest absolute Gasteiger partial charge is 0.493 e. The summed E-state index contributed by atoms with van der Waals surface area (Å²) in [4.78, 5) is 14.6. The number of benzene rings is 1. The van der Waals surface area contributed by atoms with Crippen molar-refractivity contribution in [2.75, 3.05) is 13.2 Å². The second kappa shape index (κ2) is 6.75. The Morgan fingerprint density at radius 3 is 2.95 bits per heavy atom. The number of carbonyl (C=O) groups is 1. The molecule has 0 aliphatic carbocycles. The molecule has 2 unspecified atom stereocenters. The lowest BCUT2D eigenvalue weighted by Crippen LogP contribution is -2.37. The van der Waals surface area contributed by atoms with Crippen LogP contribution in [0.15, 0.2) is 24.3 Å². The van der Waals surface area contributed by atoms with Crippen LogP contribution >= 0.6 is 0 Å². The molecule has 2 rings (SSSR count). The average Bonchev–Trinajstić information content (AvgIpc) is 2.86. The van der Waals surface area contributed by atoms with Gasteiger partial charge in [-0.05, 0) is 45.2 Å². The van der Waals surface area contributed by atoms with Crippen LogP contribution in [0.2, 0.25) is 0 Å². The van der Waals surface area contributed by atoms with Gasteiger partial charge in [0.15, 0.2) is 0 Å². The van der Waals surface area contributed by atoms with Gasteiger partial charge >= 0.3 is 0 Å². The molecule has 0 saturated carbocycles. The highest BCUT2D eigenvalue weighted by molar-refractivity contribution is 5.97. The molecule has 4 nitrogen and oxygen atoms in total. The Morgan fingerprint density at radius 1 is 1.50 bits per heavy atom. The molecule has 1 amide bonds. The fraction of sp³-hybridized carbons (Fsp3) is 0.562. The maximum atomic E-state index is 12.7. The van der Waals surface area contributed by atoms with Crippen LogP contribution in [0.1, 0.15) is 43.5 Å². The Morgan fingerprint density at radius 2 is 2.25 bits per heavy atom. The second-order valence-electron chi connectivity index (χ2n) is 5.31. The Bertz CT molecular complexity index is 459. The molecule has 1 heterocycles. The highest BCUT2D eigenvalue weighted by atomic mass is 16.5. The van der Waals surface area contributed by atoms with E-state index in [1.807, 2.05) is 36.1 Å². The van der Waals surface area contributed by atoms with E-state index in [1.54, 1.807) is 6.92 Å². The summed E-state index contributed by atoms with van der Waals surface area (Å²) in [5, 5.41) is 9.56. The van der Waals surface area contributed by atoms with Crippen molar-refractivity contribution < 1.29 is 14.6 Å². The molecule has 0 bridgehead atoms. The highest BCUT2D eigenvalue weighted by Gasteiger charge is 2.31. The lowest BCUT2D eigenvalue weighted by molar-refractivity contribution is 0.0678. The zero-order valence-corrected chi connectivity index (χ0v) is 12.2. The summed E-state index contributed by atoms with van der Waals surface area (Å²) in [6.07, 6.45) is 2.23. The third-order valence-electron chi connectivity index (χ3n) is 3.67. The van der Waals surface area contributed by atoms with Gasteiger partial charge < -0.3 is 14.7 Å². The van der Waals surface area contributed by atoms with E-state index < -0.39 is 0 Å². The Kier molecular flexibility index (Phi) is 5.01. The molecule has 1 saturated heterocycles. The quantitative estimate of drug-likeness (QED) is 0.899. The fourth-order valence-electron chi connectivity index (χ4n) is 2.82. The third-order valence-corrected chi connectivity index (χ3v) is 3.67. The minimum absolute atomic E-state index is 0.0113. The molecule has 1 fully saturated rings. The molecule has 1 aliphatic rings. The lowest BCUT2D eigenvalue weighted by Gasteiger charge is -2.26. The van der Waals surface area contributed by atoms with E-state index in [9.17, 15) is 9.90 Å². The predicted octanol–water partition coefficient (Wildman–Crippen LogP) is 2.46. The molecule has 0 radical (unpaired) electrons. The van der Waals surface area contributed by atoms with Gasteiger partial charge in [0.1, 0.15) is 5.75 Å². The van der Waals surface area contributed by atoms with Gasteiger partial charge in [-0.1, -0.05) is 12.1 Å². The number of para-hydroxylation sites is 1. The van der Waals surface area contributed by atoms with Crippen LogP contribution in [0.25, 0.3) is 0 Å². The molecule has 0 spiro atoms. The van der Waals surface area contributed by atoms with Gasteiger partial charge in [0.25, 0.3) is 5.91 Å². The zero-order valence-electron chi connectivity index (χ0n) is 12.2. The Balaban J connectivity index is 2.18.